The molecule has 35 heavy (non-hydrogen) atoms. The van der Waals surface area contributed by atoms with E-state index in [-0.39, 0.29) is 17.3 Å². The summed E-state index contributed by atoms with van der Waals surface area (Å²) in [4.78, 5) is 13.4. The van der Waals surface area contributed by atoms with Gasteiger partial charge in [0.2, 0.25) is 0 Å². The Morgan fingerprint density at radius 1 is 1.06 bits per heavy atom. The first-order chi connectivity index (χ1) is 16.9. The van der Waals surface area contributed by atoms with E-state index in [9.17, 15) is 4.39 Å². The number of allylic oxidation sites excluding steroid dienone is 1. The molecule has 2 N–H and O–H groups in total. The van der Waals surface area contributed by atoms with Crippen LogP contribution in [-0.2, 0) is 6.42 Å². The zero-order valence-corrected chi connectivity index (χ0v) is 19.7. The highest BCUT2D eigenvalue weighted by atomic mass is 19.1. The van der Waals surface area contributed by atoms with E-state index in [1.54, 1.807) is 6.08 Å². The van der Waals surface area contributed by atoms with Gasteiger partial charge in [-0.05, 0) is 33.2 Å². The van der Waals surface area contributed by atoms with Crippen LogP contribution in [0, 0.1) is 11.6 Å². The molecule has 3 aromatic rings. The maximum atomic E-state index is 15.2. The van der Waals surface area contributed by atoms with Crippen LogP contribution in [0.4, 0.5) is 26.2 Å². The molecule has 2 aromatic heterocycles. The lowest BCUT2D eigenvalue weighted by molar-refractivity contribution is 0.311. The molecule has 1 aliphatic heterocycles. The summed E-state index contributed by atoms with van der Waals surface area (Å²) in [6.45, 7) is 5.20. The van der Waals surface area contributed by atoms with Crippen molar-refractivity contribution in [1.82, 2.24) is 25.1 Å². The Bertz CT molecular complexity index is 1310. The van der Waals surface area contributed by atoms with E-state index in [0.29, 0.717) is 35.4 Å². The van der Waals surface area contributed by atoms with Crippen molar-refractivity contribution >= 4 is 23.5 Å². The number of nitrogens with zero attached hydrogens (tertiary/aromatic N) is 5. The van der Waals surface area contributed by atoms with Crippen LogP contribution in [0.3, 0.4) is 0 Å². The van der Waals surface area contributed by atoms with Crippen molar-refractivity contribution in [3.63, 3.8) is 0 Å². The van der Waals surface area contributed by atoms with Crippen LogP contribution in [0.15, 0.2) is 23.8 Å². The first kappa shape index (κ1) is 22.0. The SMILES string of the molecule is CC1=Cc2c(F)c(Oc3nc(Nc4cc(C5CC5)[nH]n4)cc(N4CCN(C)CC4)n3)cc(F)c2C1. The van der Waals surface area contributed by atoms with Gasteiger partial charge in [0, 0.05) is 67.1 Å². The van der Waals surface area contributed by atoms with E-state index in [1.807, 2.05) is 19.1 Å². The fraction of sp³-hybridized carbons (Fsp3) is 0.400. The van der Waals surface area contributed by atoms with Crippen LogP contribution in [0.5, 0.6) is 11.8 Å². The molecule has 1 saturated carbocycles. The predicted octanol–water partition coefficient (Wildman–Crippen LogP) is 4.60. The molecule has 0 atom stereocenters. The highest BCUT2D eigenvalue weighted by molar-refractivity contribution is 5.66. The summed E-state index contributed by atoms with van der Waals surface area (Å²) in [6, 6.07) is 4.82. The molecule has 3 aliphatic rings. The number of H-pyrrole nitrogens is 1. The quantitative estimate of drug-likeness (QED) is 0.535. The minimum absolute atomic E-state index is 0.0566. The Kier molecular flexibility index (Phi) is 5.40. The Balaban J connectivity index is 1.33. The number of likely N-dealkylation sites (N-methyl/N-ethyl adjacent to an activating group) is 1. The molecular formula is C25H27F2N7O. The number of halogens is 2. The first-order valence-corrected chi connectivity index (χ1v) is 11.9. The number of rotatable bonds is 6. The molecule has 2 aliphatic carbocycles. The van der Waals surface area contributed by atoms with Crippen molar-refractivity contribution in [3.05, 3.63) is 52.2 Å². The molecule has 0 radical (unpaired) electrons. The van der Waals surface area contributed by atoms with Gasteiger partial charge in [-0.1, -0.05) is 11.6 Å². The largest absolute Gasteiger partial charge is 0.421 e. The number of anilines is 3. The second-order valence-corrected chi connectivity index (χ2v) is 9.62. The van der Waals surface area contributed by atoms with Gasteiger partial charge in [-0.2, -0.15) is 15.1 Å². The summed E-state index contributed by atoms with van der Waals surface area (Å²) in [5, 5.41) is 10.6. The van der Waals surface area contributed by atoms with E-state index < -0.39 is 11.6 Å². The molecule has 2 fully saturated rings. The van der Waals surface area contributed by atoms with Gasteiger partial charge in [0.25, 0.3) is 0 Å². The zero-order chi connectivity index (χ0) is 24.1. The molecule has 0 unspecified atom stereocenters. The summed E-state index contributed by atoms with van der Waals surface area (Å²) in [7, 11) is 2.08. The van der Waals surface area contributed by atoms with Crippen molar-refractivity contribution in [2.45, 2.75) is 32.1 Å². The monoisotopic (exact) mass is 479 g/mol. The minimum Gasteiger partial charge on any atom is -0.421 e. The van der Waals surface area contributed by atoms with E-state index in [1.165, 1.54) is 0 Å². The number of ether oxygens (including phenoxy) is 1. The summed E-state index contributed by atoms with van der Waals surface area (Å²) in [5.41, 5.74) is 2.58. The number of aromatic amines is 1. The molecule has 1 saturated heterocycles. The lowest BCUT2D eigenvalue weighted by Gasteiger charge is -2.33. The molecule has 0 bridgehead atoms. The fourth-order valence-corrected chi connectivity index (χ4v) is 4.59. The van der Waals surface area contributed by atoms with Gasteiger partial charge in [-0.25, -0.2) is 8.78 Å². The Morgan fingerprint density at radius 2 is 1.86 bits per heavy atom. The van der Waals surface area contributed by atoms with Gasteiger partial charge in [0.15, 0.2) is 17.4 Å². The van der Waals surface area contributed by atoms with E-state index in [2.05, 4.69) is 42.3 Å². The smallest absolute Gasteiger partial charge is 0.326 e. The minimum atomic E-state index is -0.609. The topological polar surface area (TPSA) is 82.2 Å². The molecule has 1 aromatic carbocycles. The molecule has 0 spiro atoms. The van der Waals surface area contributed by atoms with Crippen molar-refractivity contribution < 1.29 is 13.5 Å². The number of hydrogen-bond acceptors (Lipinski definition) is 7. The Morgan fingerprint density at radius 3 is 2.63 bits per heavy atom. The predicted molar refractivity (Wildman–Crippen MR) is 129 cm³/mol. The third-order valence-electron chi connectivity index (χ3n) is 6.76. The number of fused-ring (bicyclic) bond motifs is 1. The lowest BCUT2D eigenvalue weighted by atomic mass is 10.1. The molecule has 6 rings (SSSR count). The maximum absolute atomic E-state index is 15.2. The van der Waals surface area contributed by atoms with Gasteiger partial charge < -0.3 is 19.9 Å². The molecule has 3 heterocycles. The standard InChI is InChI=1S/C25H27F2N7O/c1-14-9-16-17(10-14)24(27)20(11-18(16)26)35-25-29-21(28-22-12-19(31-32-22)15-3-4-15)13-23(30-25)34-7-5-33(2)6-8-34/h10-13,15H,3-9H2,1-2H3,(H2,28,29,30,31,32). The average Bonchev–Trinajstić information content (AvgIpc) is 3.45. The van der Waals surface area contributed by atoms with Gasteiger partial charge in [-0.15, -0.1) is 0 Å². The maximum Gasteiger partial charge on any atom is 0.326 e. The summed E-state index contributed by atoms with van der Waals surface area (Å²) < 4.78 is 35.7. The summed E-state index contributed by atoms with van der Waals surface area (Å²) >= 11 is 0. The van der Waals surface area contributed by atoms with Gasteiger partial charge >= 0.3 is 6.01 Å². The van der Waals surface area contributed by atoms with Crippen LogP contribution in [0.1, 0.15) is 42.5 Å². The molecule has 10 heteroatoms. The van der Waals surface area contributed by atoms with E-state index in [4.69, 9.17) is 4.74 Å². The van der Waals surface area contributed by atoms with Gasteiger partial charge in [0.1, 0.15) is 17.5 Å². The highest BCUT2D eigenvalue weighted by Gasteiger charge is 2.26. The van der Waals surface area contributed by atoms with Gasteiger partial charge in [0.05, 0.1) is 0 Å². The van der Waals surface area contributed by atoms with Crippen LogP contribution in [0.2, 0.25) is 0 Å². The molecule has 8 nitrogen and oxygen atoms in total. The van der Waals surface area contributed by atoms with Crippen molar-refractivity contribution in [1.29, 1.82) is 0 Å². The van der Waals surface area contributed by atoms with Crippen LogP contribution < -0.4 is 15.0 Å². The van der Waals surface area contributed by atoms with E-state index in [0.717, 1.165) is 56.4 Å². The lowest BCUT2D eigenvalue weighted by Crippen LogP contribution is -2.44. The van der Waals surface area contributed by atoms with Crippen LogP contribution in [0.25, 0.3) is 6.08 Å². The average molecular weight is 480 g/mol. The number of benzene rings is 1. The zero-order valence-electron chi connectivity index (χ0n) is 19.7. The third kappa shape index (κ3) is 4.45. The fourth-order valence-electron chi connectivity index (χ4n) is 4.59. The second-order valence-electron chi connectivity index (χ2n) is 9.62. The van der Waals surface area contributed by atoms with Crippen molar-refractivity contribution in [3.8, 4) is 11.8 Å². The summed E-state index contributed by atoms with van der Waals surface area (Å²) in [5.74, 6) is 0.959. The first-order valence-electron chi connectivity index (χ1n) is 11.9. The normalized spacial score (nSPS) is 17.9. The molecule has 182 valence electrons. The third-order valence-corrected chi connectivity index (χ3v) is 6.76. The van der Waals surface area contributed by atoms with Crippen LogP contribution in [-0.4, -0.2) is 58.3 Å². The number of aromatic nitrogens is 4. The Labute approximate surface area is 202 Å². The Hall–Kier alpha value is -3.53. The second kappa shape index (κ2) is 8.60. The number of piperazine rings is 1. The van der Waals surface area contributed by atoms with E-state index >= 15 is 4.39 Å². The highest BCUT2D eigenvalue weighted by Crippen LogP contribution is 2.40. The van der Waals surface area contributed by atoms with Crippen molar-refractivity contribution in [2.75, 3.05) is 43.4 Å². The number of hydrogen-bond donors (Lipinski definition) is 2. The van der Waals surface area contributed by atoms with Gasteiger partial charge in [-0.3, -0.25) is 5.10 Å². The number of nitrogens with one attached hydrogen (secondary N) is 2. The van der Waals surface area contributed by atoms with Crippen LogP contribution >= 0.6 is 0 Å². The summed E-state index contributed by atoms with van der Waals surface area (Å²) in [6.07, 6.45) is 4.38. The molecule has 0 amide bonds. The van der Waals surface area contributed by atoms with Crippen molar-refractivity contribution in [2.24, 2.45) is 0 Å². The molecular weight excluding hydrogens is 452 g/mol.